The highest BCUT2D eigenvalue weighted by Gasteiger charge is 2.08. The molecule has 1 N–H and O–H groups in total. The van der Waals surface area contributed by atoms with E-state index in [1.54, 1.807) is 0 Å². The summed E-state index contributed by atoms with van der Waals surface area (Å²) in [5.74, 6) is 1.32. The van der Waals surface area contributed by atoms with Gasteiger partial charge in [0.25, 0.3) is 0 Å². The van der Waals surface area contributed by atoms with E-state index in [-0.39, 0.29) is 5.91 Å². The molecule has 0 aliphatic carbocycles. The maximum absolute atomic E-state index is 11.4. The molecule has 3 rings (SSSR count). The Hall–Kier alpha value is -2.81. The van der Waals surface area contributed by atoms with Crippen LogP contribution in [0.3, 0.4) is 0 Å². The summed E-state index contributed by atoms with van der Waals surface area (Å²) in [5.41, 5.74) is 1.93. The van der Waals surface area contributed by atoms with Crippen LogP contribution in [0.1, 0.15) is 6.92 Å². The first-order valence-electron chi connectivity index (χ1n) is 7.71. The fraction of sp³-hybridized carbons (Fsp3) is 0.0526. The molecule has 0 radical (unpaired) electrons. The van der Waals surface area contributed by atoms with Gasteiger partial charge in [-0.25, -0.2) is 23.4 Å². The molecule has 140 valence electrons. The maximum atomic E-state index is 11.4. The van der Waals surface area contributed by atoms with E-state index in [0.717, 1.165) is 16.5 Å². The summed E-state index contributed by atoms with van der Waals surface area (Å²) in [5, 5.41) is 0.719. The molecule has 0 bridgehead atoms. The van der Waals surface area contributed by atoms with Crippen LogP contribution in [0, 0.1) is 10.2 Å². The van der Waals surface area contributed by atoms with Gasteiger partial charge in [-0.3, -0.25) is 0 Å². The molecule has 0 fully saturated rings. The van der Waals surface area contributed by atoms with Crippen LogP contribution in [0.2, 0.25) is 0 Å². The minimum atomic E-state index is -4.94. The summed E-state index contributed by atoms with van der Waals surface area (Å²) >= 11 is 0. The number of benzene rings is 2. The lowest BCUT2D eigenvalue weighted by atomic mass is 10.1. The fourth-order valence-corrected chi connectivity index (χ4v) is 2.27. The highest BCUT2D eigenvalue weighted by atomic mass is 35.7. The van der Waals surface area contributed by atoms with E-state index in [1.165, 1.54) is 6.92 Å². The van der Waals surface area contributed by atoms with E-state index in [0.29, 0.717) is 11.5 Å². The van der Waals surface area contributed by atoms with E-state index >= 15 is 0 Å². The summed E-state index contributed by atoms with van der Waals surface area (Å²) in [7, 11) is -4.94. The van der Waals surface area contributed by atoms with Crippen LogP contribution < -0.4 is 29.0 Å². The van der Waals surface area contributed by atoms with Crippen molar-refractivity contribution < 1.29 is 43.1 Å². The van der Waals surface area contributed by atoms with Gasteiger partial charge in [0.15, 0.2) is 0 Å². The average molecular weight is 390 g/mol. The number of nitrogens with one attached hydrogen (secondary N) is 1. The number of carbonyl (C=O) groups excluding carboxylic acids is 1. The van der Waals surface area contributed by atoms with Gasteiger partial charge < -0.3 is 4.42 Å². The van der Waals surface area contributed by atoms with Crippen molar-refractivity contribution in [2.45, 2.75) is 6.92 Å². The summed E-state index contributed by atoms with van der Waals surface area (Å²) in [6.07, 6.45) is 0. The summed E-state index contributed by atoms with van der Waals surface area (Å²) < 4.78 is 40.0. The molecule has 0 atom stereocenters. The molecule has 3 aromatic rings. The monoisotopic (exact) mass is 389 g/mol. The maximum Gasteiger partial charge on any atom is 0.382 e. The molecule has 0 saturated carbocycles. The number of carbonyl (C=O) groups is 1. The molecule has 1 aromatic heterocycles. The SMILES string of the molecule is CC(=O)[NH+]=c1cc(-c2ccccc2)oc(-c2ccccc2)c1.[O-][Cl+3]([O-])([O-])[O-]. The highest BCUT2D eigenvalue weighted by Crippen LogP contribution is 2.24. The molecule has 1 heterocycles. The zero-order valence-corrected chi connectivity index (χ0v) is 15.0. The van der Waals surface area contributed by atoms with Crippen LogP contribution in [-0.4, -0.2) is 5.91 Å². The number of rotatable bonds is 2. The molecule has 0 spiro atoms. The van der Waals surface area contributed by atoms with Gasteiger partial charge in [0.2, 0.25) is 5.36 Å². The Balaban J connectivity index is 0.000000465. The van der Waals surface area contributed by atoms with Crippen molar-refractivity contribution in [3.8, 4) is 22.6 Å². The second-order valence-electron chi connectivity index (χ2n) is 5.37. The Morgan fingerprint density at radius 3 is 1.52 bits per heavy atom. The molecule has 0 saturated heterocycles. The first-order valence-corrected chi connectivity index (χ1v) is 8.94. The highest BCUT2D eigenvalue weighted by molar-refractivity contribution is 5.63. The van der Waals surface area contributed by atoms with Gasteiger partial charge in [-0.1, -0.05) is 60.7 Å². The van der Waals surface area contributed by atoms with E-state index in [1.807, 2.05) is 72.8 Å². The Morgan fingerprint density at radius 1 is 0.815 bits per heavy atom. The second-order valence-corrected chi connectivity index (χ2v) is 6.12. The van der Waals surface area contributed by atoms with Gasteiger partial charge in [-0.15, -0.1) is 10.2 Å². The predicted molar refractivity (Wildman–Crippen MR) is 84.4 cm³/mol. The van der Waals surface area contributed by atoms with Crippen molar-refractivity contribution >= 4 is 5.91 Å². The molecule has 1 amide bonds. The zero-order valence-electron chi connectivity index (χ0n) is 14.3. The quantitative estimate of drug-likeness (QED) is 0.509. The van der Waals surface area contributed by atoms with Crippen LogP contribution in [0.15, 0.2) is 77.2 Å². The van der Waals surface area contributed by atoms with Crippen molar-refractivity contribution in [1.29, 1.82) is 0 Å². The van der Waals surface area contributed by atoms with Crippen LogP contribution in [0.25, 0.3) is 22.6 Å². The van der Waals surface area contributed by atoms with E-state index in [2.05, 4.69) is 4.99 Å². The van der Waals surface area contributed by atoms with Crippen molar-refractivity contribution in [2.24, 2.45) is 0 Å². The molecule has 0 unspecified atom stereocenters. The van der Waals surface area contributed by atoms with Crippen LogP contribution in [-0.2, 0) is 4.79 Å². The molecule has 8 heteroatoms. The average Bonchev–Trinajstić information content (AvgIpc) is 2.61. The lowest BCUT2D eigenvalue weighted by Crippen LogP contribution is -2.79. The molecule has 0 aliphatic rings. The zero-order chi connectivity index (χ0) is 19.9. The third-order valence-corrected chi connectivity index (χ3v) is 3.23. The van der Waals surface area contributed by atoms with Gasteiger partial charge in [0.05, 0.1) is 19.1 Å². The second kappa shape index (κ2) is 9.22. The number of amides is 1. The summed E-state index contributed by atoms with van der Waals surface area (Å²) in [6.45, 7) is 1.49. The van der Waals surface area contributed by atoms with Crippen molar-refractivity contribution in [3.05, 3.63) is 78.2 Å². The van der Waals surface area contributed by atoms with Crippen LogP contribution in [0.4, 0.5) is 0 Å². The normalized spacial score (nSPS) is 10.6. The fourth-order valence-electron chi connectivity index (χ4n) is 2.27. The standard InChI is InChI=1S/C19H15NO2.ClHO4/c1-14(21)20-17-12-18(15-8-4-2-5-9-15)22-19(13-17)16-10-6-3-7-11-16;2-1(3,4)5/h2-13H,1H3;(H,2,3,4,5). The van der Waals surface area contributed by atoms with Crippen molar-refractivity contribution in [1.82, 2.24) is 0 Å². The Bertz CT molecular complexity index is 882. The molecule has 7 nitrogen and oxygen atoms in total. The van der Waals surface area contributed by atoms with Gasteiger partial charge in [0, 0.05) is 11.1 Å². The van der Waals surface area contributed by atoms with E-state index < -0.39 is 10.2 Å². The summed E-state index contributed by atoms with van der Waals surface area (Å²) in [6, 6.07) is 23.3. The van der Waals surface area contributed by atoms with Crippen molar-refractivity contribution in [3.63, 3.8) is 0 Å². The number of halogens is 1. The Labute approximate surface area is 157 Å². The first kappa shape index (κ1) is 20.5. The smallest absolute Gasteiger partial charge is 0.382 e. The minimum absolute atomic E-state index is 0.107. The van der Waals surface area contributed by atoms with Gasteiger partial charge in [-0.2, -0.15) is 4.99 Å². The number of hydrogen-bond donors (Lipinski definition) is 1. The van der Waals surface area contributed by atoms with Gasteiger partial charge >= 0.3 is 5.91 Å². The third kappa shape index (κ3) is 7.53. The third-order valence-electron chi connectivity index (χ3n) is 3.23. The Kier molecular flexibility index (Phi) is 7.00. The predicted octanol–water partition coefficient (Wildman–Crippen LogP) is -2.61. The van der Waals surface area contributed by atoms with Crippen LogP contribution in [0.5, 0.6) is 0 Å². The lowest BCUT2D eigenvalue weighted by Gasteiger charge is -2.17. The van der Waals surface area contributed by atoms with Gasteiger partial charge in [0.1, 0.15) is 11.5 Å². The topological polar surface area (TPSA) is 136 Å². The molecule has 27 heavy (non-hydrogen) atoms. The van der Waals surface area contributed by atoms with E-state index in [9.17, 15) is 4.79 Å². The van der Waals surface area contributed by atoms with Gasteiger partial charge in [-0.05, 0) is 0 Å². The molecule has 0 aliphatic heterocycles. The first-order chi connectivity index (χ1) is 12.7. The largest absolute Gasteiger partial charge is 0.456 e. The van der Waals surface area contributed by atoms with Crippen LogP contribution >= 0.6 is 0 Å². The van der Waals surface area contributed by atoms with Crippen molar-refractivity contribution in [2.75, 3.05) is 0 Å². The minimum Gasteiger partial charge on any atom is -0.456 e. The van der Waals surface area contributed by atoms with E-state index in [4.69, 9.17) is 23.1 Å². The lowest BCUT2D eigenvalue weighted by molar-refractivity contribution is -2.00. The molecular formula is C19H16ClNO6. The number of hydrogen-bond acceptors (Lipinski definition) is 6. The molecule has 2 aromatic carbocycles. The Morgan fingerprint density at radius 2 is 1.19 bits per heavy atom. The molecular weight excluding hydrogens is 374 g/mol. The summed E-state index contributed by atoms with van der Waals surface area (Å²) in [4.78, 5) is 14.2.